The molecule has 132 valence electrons. The normalized spacial score (nSPS) is 32.0. The van der Waals surface area contributed by atoms with Crippen LogP contribution in [0.2, 0.25) is 0 Å². The van der Waals surface area contributed by atoms with E-state index in [2.05, 4.69) is 15.3 Å². The van der Waals surface area contributed by atoms with Gasteiger partial charge in [-0.3, -0.25) is 9.47 Å². The Morgan fingerprint density at radius 1 is 1.46 bits per heavy atom. The molecule has 24 heavy (non-hydrogen) atoms. The first kappa shape index (κ1) is 16.8. The van der Waals surface area contributed by atoms with Crippen molar-refractivity contribution in [1.29, 1.82) is 0 Å². The number of carbonyl (C=O) groups excluding carboxylic acids is 1. The highest BCUT2D eigenvalue weighted by Gasteiger charge is 2.45. The third-order valence-electron chi connectivity index (χ3n) is 4.03. The predicted octanol–water partition coefficient (Wildman–Crippen LogP) is -1.84. The smallest absolute Gasteiger partial charge is 0.324 e. The van der Waals surface area contributed by atoms with Crippen LogP contribution in [0.15, 0.2) is 11.3 Å². The summed E-state index contributed by atoms with van der Waals surface area (Å²) in [7, 11) is 0. The van der Waals surface area contributed by atoms with Gasteiger partial charge in [0.1, 0.15) is 36.5 Å². The minimum absolute atomic E-state index is 0.317. The van der Waals surface area contributed by atoms with Crippen LogP contribution in [0.5, 0.6) is 0 Å². The van der Waals surface area contributed by atoms with Crippen molar-refractivity contribution in [2.24, 2.45) is 10.7 Å². The largest absolute Gasteiger partial charge is 0.394 e. The first-order valence-electron chi connectivity index (χ1n) is 7.54. The third-order valence-corrected chi connectivity index (χ3v) is 4.03. The van der Waals surface area contributed by atoms with Gasteiger partial charge in [0.15, 0.2) is 12.0 Å². The van der Waals surface area contributed by atoms with Crippen molar-refractivity contribution < 1.29 is 24.9 Å². The molecule has 0 spiro atoms. The number of amides is 2. The molecular weight excluding hydrogens is 320 g/mol. The van der Waals surface area contributed by atoms with Crippen LogP contribution in [0.1, 0.15) is 25.0 Å². The summed E-state index contributed by atoms with van der Waals surface area (Å²) in [6, 6.07) is -0.401. The number of aliphatic hydroxyl groups is 3. The summed E-state index contributed by atoms with van der Waals surface area (Å²) in [6.07, 6.45) is -2.56. The lowest BCUT2D eigenvalue weighted by molar-refractivity contribution is -0.0520. The number of nitrogens with zero attached hydrogens (tertiary/aromatic N) is 4. The summed E-state index contributed by atoms with van der Waals surface area (Å²) in [5.74, 6) is 0.317. The quantitative estimate of drug-likeness (QED) is 0.432. The van der Waals surface area contributed by atoms with Gasteiger partial charge in [0.2, 0.25) is 0 Å². The minimum Gasteiger partial charge on any atom is -0.394 e. The molecule has 1 fully saturated rings. The molecule has 0 aromatic carbocycles. The fourth-order valence-electron chi connectivity index (χ4n) is 2.75. The second-order valence-electron chi connectivity index (χ2n) is 5.52. The molecule has 3 unspecified atom stereocenters. The Kier molecular flexibility index (Phi) is 4.51. The Hall–Kier alpha value is -2.05. The SMILES string of the molecule is CCNC(=O)N1C=Nc2c(ncn2[C@@H]2O[C@H](CO)C(O)C2O)C1N. The first-order valence-corrected chi connectivity index (χ1v) is 7.54. The molecule has 2 amide bonds. The van der Waals surface area contributed by atoms with Crippen molar-refractivity contribution in [3.05, 3.63) is 12.0 Å². The van der Waals surface area contributed by atoms with Gasteiger partial charge >= 0.3 is 6.03 Å². The summed E-state index contributed by atoms with van der Waals surface area (Å²) in [4.78, 5) is 21.5. The number of aliphatic imine (C=N–C) groups is 1. The van der Waals surface area contributed by atoms with Crippen LogP contribution in [-0.2, 0) is 4.74 Å². The number of hydrogen-bond acceptors (Lipinski definition) is 8. The molecule has 0 radical (unpaired) electrons. The number of rotatable bonds is 3. The van der Waals surface area contributed by atoms with E-state index < -0.39 is 43.3 Å². The molecule has 0 aliphatic carbocycles. The molecule has 1 saturated heterocycles. The van der Waals surface area contributed by atoms with E-state index in [9.17, 15) is 20.1 Å². The number of ether oxygens (including phenoxy) is 1. The van der Waals surface area contributed by atoms with Gasteiger partial charge in [0.25, 0.3) is 0 Å². The zero-order valence-corrected chi connectivity index (χ0v) is 13.0. The number of fused-ring (bicyclic) bond motifs is 1. The lowest BCUT2D eigenvalue weighted by Gasteiger charge is -2.27. The minimum atomic E-state index is -1.26. The average molecular weight is 340 g/mol. The third kappa shape index (κ3) is 2.56. The number of urea groups is 1. The number of hydrogen-bond donors (Lipinski definition) is 5. The monoisotopic (exact) mass is 340 g/mol. The molecule has 5 atom stereocenters. The van der Waals surface area contributed by atoms with Crippen molar-refractivity contribution >= 4 is 18.2 Å². The Balaban J connectivity index is 1.87. The number of aliphatic hydroxyl groups excluding tert-OH is 3. The van der Waals surface area contributed by atoms with E-state index in [1.54, 1.807) is 6.92 Å². The first-order chi connectivity index (χ1) is 11.5. The zero-order chi connectivity index (χ0) is 17.4. The highest BCUT2D eigenvalue weighted by Crippen LogP contribution is 2.36. The van der Waals surface area contributed by atoms with E-state index in [4.69, 9.17) is 10.5 Å². The molecule has 3 heterocycles. The van der Waals surface area contributed by atoms with Gasteiger partial charge in [0.05, 0.1) is 12.9 Å². The second kappa shape index (κ2) is 6.45. The zero-order valence-electron chi connectivity index (χ0n) is 13.0. The van der Waals surface area contributed by atoms with Crippen LogP contribution in [-0.4, -0.2) is 73.6 Å². The molecule has 0 saturated carbocycles. The van der Waals surface area contributed by atoms with E-state index in [0.29, 0.717) is 18.1 Å². The number of aromatic nitrogens is 2. The number of carbonyl (C=O) groups is 1. The molecular formula is C13H20N6O5. The Morgan fingerprint density at radius 2 is 2.21 bits per heavy atom. The molecule has 2 aliphatic rings. The van der Waals surface area contributed by atoms with E-state index in [0.717, 1.165) is 0 Å². The van der Waals surface area contributed by atoms with Crippen LogP contribution in [0, 0.1) is 0 Å². The predicted molar refractivity (Wildman–Crippen MR) is 81.2 cm³/mol. The van der Waals surface area contributed by atoms with Gasteiger partial charge in [0, 0.05) is 6.54 Å². The van der Waals surface area contributed by atoms with Crippen LogP contribution >= 0.6 is 0 Å². The second-order valence-corrected chi connectivity index (χ2v) is 5.52. The summed E-state index contributed by atoms with van der Waals surface area (Å²) in [5, 5.41) is 31.8. The highest BCUT2D eigenvalue weighted by molar-refractivity contribution is 5.89. The maximum atomic E-state index is 11.9. The van der Waals surface area contributed by atoms with Crippen LogP contribution < -0.4 is 11.1 Å². The number of nitrogens with one attached hydrogen (secondary N) is 1. The molecule has 2 aliphatic heterocycles. The van der Waals surface area contributed by atoms with E-state index in [-0.39, 0.29) is 0 Å². The van der Waals surface area contributed by atoms with Crippen LogP contribution in [0.4, 0.5) is 10.6 Å². The van der Waals surface area contributed by atoms with Crippen molar-refractivity contribution in [1.82, 2.24) is 19.8 Å². The highest BCUT2D eigenvalue weighted by atomic mass is 16.6. The average Bonchev–Trinajstić information content (AvgIpc) is 3.11. The molecule has 0 bridgehead atoms. The molecule has 1 aromatic rings. The molecule has 3 rings (SSSR count). The van der Waals surface area contributed by atoms with Gasteiger partial charge < -0.3 is 31.1 Å². The summed E-state index contributed by atoms with van der Waals surface area (Å²) >= 11 is 0. The summed E-state index contributed by atoms with van der Waals surface area (Å²) in [5.41, 5.74) is 6.39. The van der Waals surface area contributed by atoms with Gasteiger partial charge in [-0.05, 0) is 6.92 Å². The molecule has 1 aromatic heterocycles. The van der Waals surface area contributed by atoms with Gasteiger partial charge in [-0.15, -0.1) is 0 Å². The van der Waals surface area contributed by atoms with E-state index >= 15 is 0 Å². The lowest BCUT2D eigenvalue weighted by atomic mass is 10.1. The Labute approximate surface area is 137 Å². The van der Waals surface area contributed by atoms with Gasteiger partial charge in [-0.25, -0.2) is 14.8 Å². The van der Waals surface area contributed by atoms with Crippen molar-refractivity contribution in [3.8, 4) is 0 Å². The Morgan fingerprint density at radius 3 is 2.83 bits per heavy atom. The van der Waals surface area contributed by atoms with Crippen molar-refractivity contribution in [2.75, 3.05) is 13.2 Å². The maximum absolute atomic E-state index is 11.9. The number of imidazole rings is 1. The van der Waals surface area contributed by atoms with Crippen LogP contribution in [0.25, 0.3) is 0 Å². The Bertz CT molecular complexity index is 649. The maximum Gasteiger partial charge on any atom is 0.324 e. The van der Waals surface area contributed by atoms with Crippen molar-refractivity contribution in [3.63, 3.8) is 0 Å². The fourth-order valence-corrected chi connectivity index (χ4v) is 2.75. The van der Waals surface area contributed by atoms with E-state index in [1.165, 1.54) is 22.1 Å². The van der Waals surface area contributed by atoms with Crippen molar-refractivity contribution in [2.45, 2.75) is 37.6 Å². The lowest BCUT2D eigenvalue weighted by Crippen LogP contribution is -2.45. The standard InChI is InChI=1S/C13H20N6O5/c1-2-15-13(23)18-5-17-11-7(10(18)14)16-4-19(11)12-9(22)8(21)6(3-20)24-12/h4-6,8-10,12,20-22H,2-3,14H2,1H3,(H,15,23)/t6-,8?,9?,10?,12-/m1/s1. The summed E-state index contributed by atoms with van der Waals surface area (Å²) < 4.78 is 6.88. The molecule has 6 N–H and O–H groups in total. The van der Waals surface area contributed by atoms with Gasteiger partial charge in [-0.1, -0.05) is 0 Å². The summed E-state index contributed by atoms with van der Waals surface area (Å²) in [6.45, 7) is 1.80. The fraction of sp³-hybridized carbons (Fsp3) is 0.615. The molecule has 11 nitrogen and oxygen atoms in total. The van der Waals surface area contributed by atoms with Crippen LogP contribution in [0.3, 0.4) is 0 Å². The van der Waals surface area contributed by atoms with Gasteiger partial charge in [-0.2, -0.15) is 0 Å². The molecule has 11 heteroatoms. The van der Waals surface area contributed by atoms with E-state index in [1.807, 2.05) is 0 Å². The topological polar surface area (TPSA) is 158 Å². The number of nitrogens with two attached hydrogens (primary N) is 1.